The van der Waals surface area contributed by atoms with E-state index in [0.717, 1.165) is 10.4 Å². The minimum atomic E-state index is 0.301. The van der Waals surface area contributed by atoms with Crippen LogP contribution in [0.5, 0.6) is 0 Å². The SMILES string of the molecule is CC(C)c1nc(Br)cc(NN)n1. The number of nitrogens with zero attached hydrogens (tertiary/aromatic N) is 2. The van der Waals surface area contributed by atoms with Crippen molar-refractivity contribution in [2.24, 2.45) is 5.84 Å². The zero-order chi connectivity index (χ0) is 9.14. The maximum absolute atomic E-state index is 5.23. The number of hydrogen-bond donors (Lipinski definition) is 2. The molecule has 3 N–H and O–H groups in total. The fraction of sp³-hybridized carbons (Fsp3) is 0.429. The molecule has 4 nitrogen and oxygen atoms in total. The Morgan fingerprint density at radius 1 is 1.50 bits per heavy atom. The van der Waals surface area contributed by atoms with Gasteiger partial charge in [0.25, 0.3) is 0 Å². The van der Waals surface area contributed by atoms with Gasteiger partial charge in [0.15, 0.2) is 0 Å². The smallest absolute Gasteiger partial charge is 0.144 e. The van der Waals surface area contributed by atoms with Gasteiger partial charge in [-0.05, 0) is 15.9 Å². The lowest BCUT2D eigenvalue weighted by Gasteiger charge is -2.06. The van der Waals surface area contributed by atoms with Gasteiger partial charge in [-0.15, -0.1) is 0 Å². The number of nitrogen functional groups attached to an aromatic ring is 1. The van der Waals surface area contributed by atoms with Crippen molar-refractivity contribution >= 4 is 21.7 Å². The summed E-state index contributed by atoms with van der Waals surface area (Å²) in [7, 11) is 0. The minimum absolute atomic E-state index is 0.301. The van der Waals surface area contributed by atoms with Crippen molar-refractivity contribution in [3.8, 4) is 0 Å². The van der Waals surface area contributed by atoms with Crippen LogP contribution in [0.4, 0.5) is 5.82 Å². The number of nitrogens with one attached hydrogen (secondary N) is 1. The lowest BCUT2D eigenvalue weighted by molar-refractivity contribution is 0.770. The van der Waals surface area contributed by atoms with E-state index in [9.17, 15) is 0 Å². The largest absolute Gasteiger partial charge is 0.308 e. The number of anilines is 1. The monoisotopic (exact) mass is 230 g/mol. The van der Waals surface area contributed by atoms with Crippen LogP contribution in [-0.4, -0.2) is 9.97 Å². The summed E-state index contributed by atoms with van der Waals surface area (Å²) >= 11 is 3.28. The van der Waals surface area contributed by atoms with Crippen LogP contribution in [0.2, 0.25) is 0 Å². The summed E-state index contributed by atoms with van der Waals surface area (Å²) in [6.07, 6.45) is 0. The summed E-state index contributed by atoms with van der Waals surface area (Å²) < 4.78 is 0.745. The Balaban J connectivity index is 3.06. The van der Waals surface area contributed by atoms with E-state index in [2.05, 4.69) is 31.3 Å². The van der Waals surface area contributed by atoms with Gasteiger partial charge in [0.2, 0.25) is 0 Å². The van der Waals surface area contributed by atoms with E-state index < -0.39 is 0 Å². The maximum Gasteiger partial charge on any atom is 0.144 e. The molecule has 0 aliphatic heterocycles. The van der Waals surface area contributed by atoms with E-state index in [1.165, 1.54) is 0 Å². The number of hydrogen-bond acceptors (Lipinski definition) is 4. The minimum Gasteiger partial charge on any atom is -0.308 e. The molecule has 1 aromatic rings. The summed E-state index contributed by atoms with van der Waals surface area (Å²) in [4.78, 5) is 8.37. The summed E-state index contributed by atoms with van der Waals surface area (Å²) in [5.74, 6) is 6.93. The zero-order valence-electron chi connectivity index (χ0n) is 7.00. The average Bonchev–Trinajstić information content (AvgIpc) is 2.03. The average molecular weight is 231 g/mol. The van der Waals surface area contributed by atoms with Gasteiger partial charge in [-0.2, -0.15) is 0 Å². The van der Waals surface area contributed by atoms with E-state index in [0.29, 0.717) is 11.7 Å². The van der Waals surface area contributed by atoms with E-state index in [1.54, 1.807) is 6.07 Å². The third-order valence-corrected chi connectivity index (χ3v) is 1.78. The van der Waals surface area contributed by atoms with Crippen molar-refractivity contribution < 1.29 is 0 Å². The van der Waals surface area contributed by atoms with E-state index in [4.69, 9.17) is 5.84 Å². The first-order valence-electron chi connectivity index (χ1n) is 3.64. The molecule has 0 saturated heterocycles. The maximum atomic E-state index is 5.23. The normalized spacial score (nSPS) is 10.4. The lowest BCUT2D eigenvalue weighted by Crippen LogP contribution is -2.10. The van der Waals surface area contributed by atoms with Crippen LogP contribution in [0.25, 0.3) is 0 Å². The second-order valence-electron chi connectivity index (χ2n) is 2.73. The molecule has 0 fully saturated rings. The molecule has 1 heterocycles. The highest BCUT2D eigenvalue weighted by atomic mass is 79.9. The van der Waals surface area contributed by atoms with Crippen LogP contribution in [-0.2, 0) is 0 Å². The van der Waals surface area contributed by atoms with Crippen LogP contribution < -0.4 is 11.3 Å². The van der Waals surface area contributed by atoms with Crippen LogP contribution >= 0.6 is 15.9 Å². The number of halogens is 1. The van der Waals surface area contributed by atoms with Gasteiger partial charge in [0.1, 0.15) is 16.2 Å². The highest BCUT2D eigenvalue weighted by Gasteiger charge is 2.05. The number of aromatic nitrogens is 2. The summed E-state index contributed by atoms with van der Waals surface area (Å²) in [5, 5.41) is 0. The van der Waals surface area contributed by atoms with Gasteiger partial charge in [0, 0.05) is 12.0 Å². The van der Waals surface area contributed by atoms with Crippen molar-refractivity contribution in [3.63, 3.8) is 0 Å². The molecule has 0 atom stereocenters. The highest BCUT2D eigenvalue weighted by molar-refractivity contribution is 9.10. The first-order chi connectivity index (χ1) is 5.63. The Hall–Kier alpha value is -0.680. The fourth-order valence-electron chi connectivity index (χ4n) is 0.767. The molecule has 5 heteroatoms. The molecule has 0 saturated carbocycles. The second kappa shape index (κ2) is 3.82. The summed E-state index contributed by atoms with van der Waals surface area (Å²) in [6.45, 7) is 4.06. The van der Waals surface area contributed by atoms with Gasteiger partial charge in [-0.25, -0.2) is 15.8 Å². The van der Waals surface area contributed by atoms with Gasteiger partial charge in [-0.3, -0.25) is 0 Å². The van der Waals surface area contributed by atoms with Crippen LogP contribution in [0, 0.1) is 0 Å². The van der Waals surface area contributed by atoms with Crippen LogP contribution in [0.1, 0.15) is 25.6 Å². The Morgan fingerprint density at radius 3 is 2.67 bits per heavy atom. The molecule has 0 amide bonds. The molecule has 12 heavy (non-hydrogen) atoms. The molecule has 1 rings (SSSR count). The molecule has 66 valence electrons. The molecule has 1 aromatic heterocycles. The zero-order valence-corrected chi connectivity index (χ0v) is 8.59. The standard InChI is InChI=1S/C7H11BrN4/c1-4(2)7-10-5(8)3-6(11-7)12-9/h3-4H,9H2,1-2H3,(H,10,11,12). The van der Waals surface area contributed by atoms with Gasteiger partial charge >= 0.3 is 0 Å². The van der Waals surface area contributed by atoms with Gasteiger partial charge < -0.3 is 5.43 Å². The topological polar surface area (TPSA) is 63.8 Å². The third-order valence-electron chi connectivity index (χ3n) is 1.38. The quantitative estimate of drug-likeness (QED) is 0.461. The second-order valence-corrected chi connectivity index (χ2v) is 3.55. The Labute approximate surface area is 79.7 Å². The van der Waals surface area contributed by atoms with Crippen molar-refractivity contribution in [1.82, 2.24) is 9.97 Å². The van der Waals surface area contributed by atoms with Crippen molar-refractivity contribution in [2.45, 2.75) is 19.8 Å². The molecular weight excluding hydrogens is 220 g/mol. The molecule has 0 unspecified atom stereocenters. The number of rotatable bonds is 2. The van der Waals surface area contributed by atoms with Crippen molar-refractivity contribution in [2.75, 3.05) is 5.43 Å². The molecular formula is C7H11BrN4. The Morgan fingerprint density at radius 2 is 2.17 bits per heavy atom. The van der Waals surface area contributed by atoms with Crippen molar-refractivity contribution in [1.29, 1.82) is 0 Å². The van der Waals surface area contributed by atoms with Gasteiger partial charge in [0.05, 0.1) is 0 Å². The molecule has 0 bridgehead atoms. The van der Waals surface area contributed by atoms with Crippen molar-refractivity contribution in [3.05, 3.63) is 16.5 Å². The molecule has 0 radical (unpaired) electrons. The molecule has 0 aliphatic rings. The first kappa shape index (κ1) is 9.41. The number of hydrazine groups is 1. The van der Waals surface area contributed by atoms with Crippen LogP contribution in [0.15, 0.2) is 10.7 Å². The van der Waals surface area contributed by atoms with E-state index >= 15 is 0 Å². The fourth-order valence-corrected chi connectivity index (χ4v) is 1.17. The van der Waals surface area contributed by atoms with Gasteiger partial charge in [-0.1, -0.05) is 13.8 Å². The third kappa shape index (κ3) is 2.15. The summed E-state index contributed by atoms with van der Waals surface area (Å²) in [6, 6.07) is 1.73. The van der Waals surface area contributed by atoms with E-state index in [1.807, 2.05) is 13.8 Å². The first-order valence-corrected chi connectivity index (χ1v) is 4.44. The lowest BCUT2D eigenvalue weighted by atomic mass is 10.2. The van der Waals surface area contributed by atoms with E-state index in [-0.39, 0.29) is 0 Å². The Kier molecular flexibility index (Phi) is 2.99. The molecule has 0 aliphatic carbocycles. The summed E-state index contributed by atoms with van der Waals surface area (Å²) in [5.41, 5.74) is 2.48. The van der Waals surface area contributed by atoms with Crippen LogP contribution in [0.3, 0.4) is 0 Å². The number of nitrogens with two attached hydrogens (primary N) is 1. The predicted molar refractivity (Wildman–Crippen MR) is 51.6 cm³/mol. The molecule has 0 spiro atoms. The Bertz CT molecular complexity index is 274. The molecule has 0 aromatic carbocycles. The highest BCUT2D eigenvalue weighted by Crippen LogP contribution is 2.16. The predicted octanol–water partition coefficient (Wildman–Crippen LogP) is 1.65.